The Hall–Kier alpha value is -4.02. The molecule has 0 aliphatic carbocycles. The van der Waals surface area contributed by atoms with Crippen LogP contribution in [0.2, 0.25) is 0 Å². The molecule has 4 heterocycles. The van der Waals surface area contributed by atoms with E-state index >= 15 is 0 Å². The monoisotopic (exact) mass is 499 g/mol. The van der Waals surface area contributed by atoms with E-state index in [0.717, 1.165) is 17.4 Å². The summed E-state index contributed by atoms with van der Waals surface area (Å²) in [4.78, 5) is 29.4. The number of aliphatic carboxylic acids is 1. The van der Waals surface area contributed by atoms with Gasteiger partial charge in [-0.2, -0.15) is 13.2 Å². The first kappa shape index (κ1) is 23.7. The number of anilines is 1. The van der Waals surface area contributed by atoms with Gasteiger partial charge in [-0.3, -0.25) is 9.78 Å². The summed E-state index contributed by atoms with van der Waals surface area (Å²) in [6, 6.07) is 8.66. The van der Waals surface area contributed by atoms with E-state index in [4.69, 9.17) is 0 Å². The fourth-order valence-electron chi connectivity index (χ4n) is 4.26. The molecule has 1 aromatic carbocycles. The molecular formula is C25H21F4N5O2. The maximum Gasteiger partial charge on any atom is 0.419 e. The van der Waals surface area contributed by atoms with Gasteiger partial charge in [0.2, 0.25) is 0 Å². The summed E-state index contributed by atoms with van der Waals surface area (Å²) in [7, 11) is 0. The van der Waals surface area contributed by atoms with E-state index in [0.29, 0.717) is 43.3 Å². The number of aromatic amines is 1. The molecule has 1 saturated heterocycles. The number of H-pyrrole nitrogens is 1. The third kappa shape index (κ3) is 4.36. The van der Waals surface area contributed by atoms with Gasteiger partial charge in [0.05, 0.1) is 27.7 Å². The zero-order valence-corrected chi connectivity index (χ0v) is 19.1. The number of aromatic nitrogens is 4. The smallest absolute Gasteiger partial charge is 0.419 e. The van der Waals surface area contributed by atoms with Crippen LogP contribution in [0.15, 0.2) is 48.8 Å². The minimum absolute atomic E-state index is 0.0731. The summed E-state index contributed by atoms with van der Waals surface area (Å²) in [6.07, 6.45) is -0.505. The molecule has 36 heavy (non-hydrogen) atoms. The van der Waals surface area contributed by atoms with Gasteiger partial charge in [0.15, 0.2) is 0 Å². The fraction of sp³-hybridized carbons (Fsp3) is 0.280. The number of piperidine rings is 1. The Kier molecular flexibility index (Phi) is 5.65. The Bertz CT molecular complexity index is 1420. The molecule has 0 radical (unpaired) electrons. The normalized spacial score (nSPS) is 15.9. The third-order valence-electron chi connectivity index (χ3n) is 6.66. The van der Waals surface area contributed by atoms with Crippen molar-refractivity contribution < 1.29 is 27.5 Å². The van der Waals surface area contributed by atoms with E-state index < -0.39 is 28.9 Å². The molecule has 0 unspecified atom stereocenters. The van der Waals surface area contributed by atoms with Gasteiger partial charge in [-0.15, -0.1) is 0 Å². The molecule has 4 aromatic rings. The molecule has 0 amide bonds. The predicted octanol–water partition coefficient (Wildman–Crippen LogP) is 5.54. The van der Waals surface area contributed by atoms with Gasteiger partial charge in [-0.05, 0) is 50.1 Å². The summed E-state index contributed by atoms with van der Waals surface area (Å²) < 4.78 is 52.8. The molecule has 1 aliphatic rings. The number of imidazole rings is 1. The second kappa shape index (κ2) is 8.58. The quantitative estimate of drug-likeness (QED) is 0.358. The molecule has 3 aromatic heterocycles. The molecule has 11 heteroatoms. The summed E-state index contributed by atoms with van der Waals surface area (Å²) in [5.74, 6) is -1.12. The van der Waals surface area contributed by atoms with Crippen molar-refractivity contribution in [1.29, 1.82) is 0 Å². The van der Waals surface area contributed by atoms with Crippen LogP contribution < -0.4 is 4.90 Å². The van der Waals surface area contributed by atoms with Crippen LogP contribution in [0.25, 0.3) is 33.7 Å². The third-order valence-corrected chi connectivity index (χ3v) is 6.66. The molecule has 1 fully saturated rings. The predicted molar refractivity (Wildman–Crippen MR) is 125 cm³/mol. The number of pyridine rings is 2. The number of alkyl halides is 3. The maximum absolute atomic E-state index is 13.9. The van der Waals surface area contributed by atoms with Crippen molar-refractivity contribution >= 4 is 22.8 Å². The first-order chi connectivity index (χ1) is 17.0. The van der Waals surface area contributed by atoms with Crippen LogP contribution in [0.5, 0.6) is 0 Å². The van der Waals surface area contributed by atoms with Gasteiger partial charge in [0.1, 0.15) is 17.5 Å². The van der Waals surface area contributed by atoms with E-state index in [1.54, 1.807) is 25.3 Å². The van der Waals surface area contributed by atoms with Gasteiger partial charge in [0.25, 0.3) is 0 Å². The van der Waals surface area contributed by atoms with Crippen molar-refractivity contribution in [3.05, 3.63) is 60.2 Å². The number of fused-ring (bicyclic) bond motifs is 1. The van der Waals surface area contributed by atoms with Crippen LogP contribution in [0.4, 0.5) is 23.4 Å². The number of hydrogen-bond acceptors (Lipinski definition) is 5. The minimum Gasteiger partial charge on any atom is -0.481 e. The highest BCUT2D eigenvalue weighted by Crippen LogP contribution is 2.35. The maximum atomic E-state index is 13.9. The van der Waals surface area contributed by atoms with Crippen molar-refractivity contribution in [2.75, 3.05) is 18.0 Å². The lowest BCUT2D eigenvalue weighted by molar-refractivity contribution is -0.149. The molecule has 2 N–H and O–H groups in total. The summed E-state index contributed by atoms with van der Waals surface area (Å²) in [5, 5.41) is 9.39. The average Bonchev–Trinajstić information content (AvgIpc) is 3.26. The van der Waals surface area contributed by atoms with E-state index in [9.17, 15) is 27.5 Å². The van der Waals surface area contributed by atoms with E-state index in [1.807, 2.05) is 12.1 Å². The van der Waals surface area contributed by atoms with E-state index in [1.165, 1.54) is 6.20 Å². The van der Waals surface area contributed by atoms with E-state index in [-0.39, 0.29) is 16.9 Å². The molecule has 1 aliphatic heterocycles. The number of nitrogens with one attached hydrogen (secondary N) is 1. The second-order valence-corrected chi connectivity index (χ2v) is 9.12. The van der Waals surface area contributed by atoms with Crippen molar-refractivity contribution in [2.45, 2.75) is 25.9 Å². The minimum atomic E-state index is -4.80. The van der Waals surface area contributed by atoms with Crippen molar-refractivity contribution in [3.8, 4) is 22.6 Å². The van der Waals surface area contributed by atoms with Gasteiger partial charge in [-0.25, -0.2) is 14.4 Å². The van der Waals surface area contributed by atoms with E-state index in [2.05, 4.69) is 24.8 Å². The Morgan fingerprint density at radius 3 is 2.33 bits per heavy atom. The molecule has 0 saturated carbocycles. The van der Waals surface area contributed by atoms with Crippen LogP contribution in [0.3, 0.4) is 0 Å². The Morgan fingerprint density at radius 1 is 1.06 bits per heavy atom. The molecule has 0 bridgehead atoms. The summed E-state index contributed by atoms with van der Waals surface area (Å²) in [5.41, 5.74) is 0.0233. The standard InChI is InChI=1S/C25H21F4N5O2/c1-24(23(35)36)6-8-34(9-7-24)21-5-3-14(12-31-21)18-4-2-15(13-30-18)22-32-19-10-16(25(27,28)29)17(26)11-20(19)33-22/h2-5,10-13H,6-9H2,1H3,(H,32,33)(H,35,36). The Morgan fingerprint density at radius 2 is 1.75 bits per heavy atom. The van der Waals surface area contributed by atoms with Crippen LogP contribution in [0.1, 0.15) is 25.3 Å². The molecule has 0 atom stereocenters. The van der Waals surface area contributed by atoms with Crippen LogP contribution in [0, 0.1) is 11.2 Å². The number of rotatable bonds is 4. The van der Waals surface area contributed by atoms with Crippen molar-refractivity contribution in [3.63, 3.8) is 0 Å². The zero-order chi connectivity index (χ0) is 25.7. The Balaban J connectivity index is 1.32. The molecule has 0 spiro atoms. The fourth-order valence-corrected chi connectivity index (χ4v) is 4.26. The Labute approximate surface area is 202 Å². The highest BCUT2D eigenvalue weighted by molar-refractivity contribution is 5.80. The number of benzene rings is 1. The number of hydrogen-bond donors (Lipinski definition) is 2. The van der Waals surface area contributed by atoms with Gasteiger partial charge < -0.3 is 15.0 Å². The van der Waals surface area contributed by atoms with Crippen molar-refractivity contribution in [1.82, 2.24) is 19.9 Å². The SMILES string of the molecule is CC1(C(=O)O)CCN(c2ccc(-c3ccc(-c4nc5cc(F)c(C(F)(F)F)cc5[nH]4)cn3)cn2)CC1. The largest absolute Gasteiger partial charge is 0.481 e. The lowest BCUT2D eigenvalue weighted by atomic mass is 9.80. The van der Waals surface area contributed by atoms with Gasteiger partial charge >= 0.3 is 12.1 Å². The molecular weight excluding hydrogens is 478 g/mol. The molecule has 5 rings (SSSR count). The van der Waals surface area contributed by atoms with Gasteiger partial charge in [0, 0.05) is 42.7 Å². The number of halogens is 4. The van der Waals surface area contributed by atoms with Gasteiger partial charge in [-0.1, -0.05) is 0 Å². The van der Waals surface area contributed by atoms with Crippen LogP contribution in [-0.4, -0.2) is 44.1 Å². The highest BCUT2D eigenvalue weighted by Gasteiger charge is 2.37. The summed E-state index contributed by atoms with van der Waals surface area (Å²) in [6.45, 7) is 2.98. The molecule has 186 valence electrons. The summed E-state index contributed by atoms with van der Waals surface area (Å²) >= 11 is 0. The lowest BCUT2D eigenvalue weighted by Gasteiger charge is -2.37. The number of carboxylic acids is 1. The second-order valence-electron chi connectivity index (χ2n) is 9.12. The number of carbonyl (C=O) groups is 1. The highest BCUT2D eigenvalue weighted by atomic mass is 19.4. The van der Waals surface area contributed by atoms with Crippen LogP contribution in [-0.2, 0) is 11.0 Å². The zero-order valence-electron chi connectivity index (χ0n) is 19.1. The number of carboxylic acid groups (broad SMARTS) is 1. The average molecular weight is 499 g/mol. The van der Waals surface area contributed by atoms with Crippen molar-refractivity contribution in [2.24, 2.45) is 5.41 Å². The lowest BCUT2D eigenvalue weighted by Crippen LogP contribution is -2.43. The first-order valence-electron chi connectivity index (χ1n) is 11.2. The topological polar surface area (TPSA) is 95.0 Å². The van der Waals surface area contributed by atoms with Crippen LogP contribution >= 0.6 is 0 Å². The number of nitrogens with zero attached hydrogens (tertiary/aromatic N) is 4. The molecule has 7 nitrogen and oxygen atoms in total. The first-order valence-corrected chi connectivity index (χ1v) is 11.2.